The van der Waals surface area contributed by atoms with E-state index in [1.807, 2.05) is 31.1 Å². The second kappa shape index (κ2) is 14.3. The maximum atomic E-state index is 14.4. The summed E-state index contributed by atoms with van der Waals surface area (Å²) in [6.07, 6.45) is -0.0283. The van der Waals surface area contributed by atoms with Crippen molar-refractivity contribution in [1.29, 1.82) is 0 Å². The van der Waals surface area contributed by atoms with Gasteiger partial charge in [0.05, 0.1) is 39.5 Å². The smallest absolute Gasteiger partial charge is 0.329 e. The molecule has 8 rings (SSSR count). The number of carbonyl (C=O) groups excluding carboxylic acids is 1. The fraction of sp³-hybridized carbons (Fsp3) is 0.475. The van der Waals surface area contributed by atoms with Crippen molar-refractivity contribution in [3.8, 4) is 22.8 Å². The predicted molar refractivity (Wildman–Crippen MR) is 205 cm³/mol. The molecule has 3 fully saturated rings. The van der Waals surface area contributed by atoms with Crippen LogP contribution in [0.3, 0.4) is 0 Å². The van der Waals surface area contributed by atoms with Crippen LogP contribution in [0.15, 0.2) is 53.2 Å². The van der Waals surface area contributed by atoms with Crippen LogP contribution in [0.1, 0.15) is 46.4 Å². The summed E-state index contributed by atoms with van der Waals surface area (Å²) in [7, 11) is 5.40. The number of ether oxygens (including phenoxy) is 5. The highest BCUT2D eigenvalue weighted by Crippen LogP contribution is 2.44. The molecule has 3 aliphatic rings. The molecule has 7 heterocycles. The summed E-state index contributed by atoms with van der Waals surface area (Å²) >= 11 is 0. The number of anilines is 3. The Kier molecular flexibility index (Phi) is 9.59. The molecule has 296 valence electrons. The van der Waals surface area contributed by atoms with Gasteiger partial charge in [-0.2, -0.15) is 0 Å². The van der Waals surface area contributed by atoms with Crippen LogP contribution >= 0.6 is 0 Å². The van der Waals surface area contributed by atoms with E-state index in [2.05, 4.69) is 26.8 Å². The number of hydrogen-bond donors (Lipinski definition) is 0. The number of fused-ring (bicyclic) bond motifs is 3. The molecule has 1 spiro atoms. The number of morpholine rings is 1. The van der Waals surface area contributed by atoms with Crippen molar-refractivity contribution in [3.63, 3.8) is 0 Å². The van der Waals surface area contributed by atoms with Crippen LogP contribution in [0.2, 0.25) is 0 Å². The maximum Gasteiger partial charge on any atom is 0.329 e. The van der Waals surface area contributed by atoms with Crippen molar-refractivity contribution in [3.05, 3.63) is 54.6 Å². The third-order valence-corrected chi connectivity index (χ3v) is 10.5. The molecule has 5 aromatic rings. The predicted octanol–water partition coefficient (Wildman–Crippen LogP) is 6.21. The van der Waals surface area contributed by atoms with Gasteiger partial charge < -0.3 is 42.8 Å². The zero-order valence-corrected chi connectivity index (χ0v) is 32.4. The van der Waals surface area contributed by atoms with Gasteiger partial charge in [0.1, 0.15) is 40.1 Å². The number of pyridine rings is 2. The number of aromatic nitrogens is 4. The third kappa shape index (κ3) is 6.67. The monoisotopic (exact) mass is 773 g/mol. The molecule has 0 amide bonds. The number of nitrogens with zero attached hydrogens (tertiary/aromatic N) is 7. The minimum Gasteiger partial charge on any atom is -0.492 e. The average molecular weight is 774 g/mol. The number of benzene rings is 1. The van der Waals surface area contributed by atoms with E-state index in [0.717, 1.165) is 11.1 Å². The summed E-state index contributed by atoms with van der Waals surface area (Å²) < 4.78 is 65.4. The summed E-state index contributed by atoms with van der Waals surface area (Å²) in [6.45, 7) is 9.44. The van der Waals surface area contributed by atoms with Crippen molar-refractivity contribution in [2.45, 2.75) is 69.9 Å². The summed E-state index contributed by atoms with van der Waals surface area (Å²) in [5, 5.41) is 0.556. The Morgan fingerprint density at radius 2 is 1.88 bits per heavy atom. The second-order valence-electron chi connectivity index (χ2n) is 15.6. The van der Waals surface area contributed by atoms with Gasteiger partial charge >= 0.3 is 5.97 Å². The van der Waals surface area contributed by atoms with Crippen molar-refractivity contribution in [2.24, 2.45) is 0 Å². The molecule has 4 aromatic heterocycles. The van der Waals surface area contributed by atoms with E-state index >= 15 is 0 Å². The normalized spacial score (nSPS) is 20.9. The highest BCUT2D eigenvalue weighted by atomic mass is 19.3. The Labute approximate surface area is 322 Å². The molecule has 0 radical (unpaired) electrons. The van der Waals surface area contributed by atoms with E-state index < -0.39 is 41.6 Å². The standard InChI is InChI=1S/C40H45F2N7O7/c1-22-40(20-52-21-40)53-15-14-48(22)27-16-23(25-12-13-43-35(47(5)6)31(25)51-7)18-44-37(27)54-24-17-28(38(50)56-39(2,3)4)49(19-24)36-32-30(45-34(46-36)33(41)42)26-10-8-9-11-29(26)55-32/h8-13,16,18,22,24,28,33H,14-15,17,19-21H2,1-7H3/t22-,24?,28-/m0/s1. The highest BCUT2D eigenvalue weighted by molar-refractivity contribution is 6.06. The Morgan fingerprint density at radius 3 is 2.57 bits per heavy atom. The first kappa shape index (κ1) is 37.6. The molecule has 0 saturated carbocycles. The van der Waals surface area contributed by atoms with Crippen molar-refractivity contribution >= 4 is 45.4 Å². The van der Waals surface area contributed by atoms with Crippen LogP contribution in [0.4, 0.5) is 26.1 Å². The molecule has 3 atom stereocenters. The number of carbonyl (C=O) groups is 1. The van der Waals surface area contributed by atoms with Gasteiger partial charge in [0.2, 0.25) is 5.88 Å². The zero-order valence-electron chi connectivity index (χ0n) is 32.4. The summed E-state index contributed by atoms with van der Waals surface area (Å²) in [5.41, 5.74) is 1.84. The topological polar surface area (TPSA) is 138 Å². The van der Waals surface area contributed by atoms with Gasteiger partial charge in [-0.05, 0) is 52.0 Å². The number of furan rings is 1. The van der Waals surface area contributed by atoms with Gasteiger partial charge in [0, 0.05) is 56.0 Å². The molecule has 16 heteroatoms. The van der Waals surface area contributed by atoms with E-state index in [1.165, 1.54) is 0 Å². The third-order valence-electron chi connectivity index (χ3n) is 10.5. The lowest BCUT2D eigenvalue weighted by atomic mass is 9.90. The van der Waals surface area contributed by atoms with Crippen molar-refractivity contribution < 1.29 is 41.7 Å². The van der Waals surface area contributed by atoms with E-state index in [0.29, 0.717) is 60.5 Å². The number of rotatable bonds is 9. The summed E-state index contributed by atoms with van der Waals surface area (Å²) in [4.78, 5) is 37.6. The Hall–Kier alpha value is -5.35. The number of alkyl halides is 2. The lowest BCUT2D eigenvalue weighted by Crippen LogP contribution is -2.68. The lowest BCUT2D eigenvalue weighted by molar-refractivity contribution is -0.228. The first-order valence-corrected chi connectivity index (χ1v) is 18.6. The molecular weight excluding hydrogens is 728 g/mol. The number of methoxy groups -OCH3 is 1. The van der Waals surface area contributed by atoms with Crippen LogP contribution in [-0.2, 0) is 19.0 Å². The highest BCUT2D eigenvalue weighted by Gasteiger charge is 2.51. The SMILES string of the molecule is COc1c(-c2cnc(OC3C[C@@H](C(=O)OC(C)(C)C)N(c4nc(C(F)F)nc5c4oc4ccccc45)C3)c(N3CCOC4(COC4)[C@@H]3C)c2)ccnc1N(C)C. The number of esters is 1. The lowest BCUT2D eigenvalue weighted by Gasteiger charge is -2.53. The van der Waals surface area contributed by atoms with E-state index in [9.17, 15) is 13.6 Å². The van der Waals surface area contributed by atoms with Gasteiger partial charge in [0.15, 0.2) is 28.8 Å². The largest absolute Gasteiger partial charge is 0.492 e. The Bertz CT molecular complexity index is 2280. The van der Waals surface area contributed by atoms with Crippen LogP contribution in [0, 0.1) is 0 Å². The molecule has 14 nitrogen and oxygen atoms in total. The van der Waals surface area contributed by atoms with Crippen LogP contribution in [0.25, 0.3) is 33.2 Å². The number of hydrogen-bond acceptors (Lipinski definition) is 14. The number of para-hydroxylation sites is 1. The minimum absolute atomic E-state index is 0.0576. The fourth-order valence-electron chi connectivity index (χ4n) is 7.72. The average Bonchev–Trinajstić information content (AvgIpc) is 3.75. The summed E-state index contributed by atoms with van der Waals surface area (Å²) in [6, 6.07) is 9.88. The Balaban J connectivity index is 1.21. The van der Waals surface area contributed by atoms with Gasteiger partial charge in [0.25, 0.3) is 6.43 Å². The molecule has 0 N–H and O–H groups in total. The summed E-state index contributed by atoms with van der Waals surface area (Å²) in [5.74, 6) is 0.415. The zero-order chi connectivity index (χ0) is 39.5. The quantitative estimate of drug-likeness (QED) is 0.157. The number of halogens is 2. The molecule has 0 bridgehead atoms. The Morgan fingerprint density at radius 1 is 1.09 bits per heavy atom. The second-order valence-corrected chi connectivity index (χ2v) is 15.6. The first-order chi connectivity index (χ1) is 26.8. The van der Waals surface area contributed by atoms with Gasteiger partial charge in [-0.25, -0.2) is 33.5 Å². The molecule has 3 saturated heterocycles. The van der Waals surface area contributed by atoms with Gasteiger partial charge in [-0.1, -0.05) is 12.1 Å². The molecule has 3 aliphatic heterocycles. The van der Waals surface area contributed by atoms with E-state index in [4.69, 9.17) is 33.1 Å². The maximum absolute atomic E-state index is 14.4. The minimum atomic E-state index is -2.97. The molecule has 56 heavy (non-hydrogen) atoms. The van der Waals surface area contributed by atoms with Crippen molar-refractivity contribution in [1.82, 2.24) is 19.9 Å². The molecular formula is C40H45F2N7O7. The molecule has 1 aromatic carbocycles. The van der Waals surface area contributed by atoms with E-state index in [1.54, 1.807) is 69.4 Å². The van der Waals surface area contributed by atoms with Crippen LogP contribution < -0.4 is 24.2 Å². The molecule has 0 aliphatic carbocycles. The van der Waals surface area contributed by atoms with E-state index in [-0.39, 0.29) is 35.9 Å². The molecule has 1 unspecified atom stereocenters. The first-order valence-electron chi connectivity index (χ1n) is 18.6. The van der Waals surface area contributed by atoms with Gasteiger partial charge in [-0.3, -0.25) is 0 Å². The van der Waals surface area contributed by atoms with Crippen molar-refractivity contribution in [2.75, 3.05) is 68.8 Å². The fourth-order valence-corrected chi connectivity index (χ4v) is 7.72. The van der Waals surface area contributed by atoms with Crippen LogP contribution in [0.5, 0.6) is 11.6 Å². The van der Waals surface area contributed by atoms with Crippen LogP contribution in [-0.4, -0.2) is 109 Å². The van der Waals surface area contributed by atoms with Gasteiger partial charge in [-0.15, -0.1) is 0 Å².